The van der Waals surface area contributed by atoms with Gasteiger partial charge >= 0.3 is 0 Å². The van der Waals surface area contributed by atoms with E-state index in [9.17, 15) is 8.42 Å². The predicted octanol–water partition coefficient (Wildman–Crippen LogP) is 2.45. The molecule has 144 valence electrons. The van der Waals surface area contributed by atoms with Crippen LogP contribution in [-0.4, -0.2) is 36.8 Å². The molecule has 2 aliphatic rings. The first-order chi connectivity index (χ1) is 11.3. The molecule has 6 heteroatoms. The molecule has 2 unspecified atom stereocenters. The zero-order valence-electron chi connectivity index (χ0n) is 16.5. The largest absolute Gasteiger partial charge is 0.327 e. The monoisotopic (exact) mass is 369 g/mol. The molecule has 0 aromatic carbocycles. The lowest BCUT2D eigenvalue weighted by Crippen LogP contribution is -2.63. The molecule has 5 nitrogen and oxygen atoms in total. The van der Waals surface area contributed by atoms with E-state index in [1.807, 2.05) is 26.0 Å². The quantitative estimate of drug-likeness (QED) is 0.711. The Kier molecular flexibility index (Phi) is 5.61. The normalized spacial score (nSPS) is 32.9. The van der Waals surface area contributed by atoms with Gasteiger partial charge < -0.3 is 11.1 Å². The molecule has 0 amide bonds. The molecule has 4 N–H and O–H groups in total. The number of rotatable bonds is 4. The first kappa shape index (κ1) is 20.6. The van der Waals surface area contributed by atoms with Gasteiger partial charge in [-0.2, -0.15) is 0 Å². The highest BCUT2D eigenvalue weighted by atomic mass is 32.2. The van der Waals surface area contributed by atoms with Crippen molar-refractivity contribution < 1.29 is 8.42 Å². The van der Waals surface area contributed by atoms with Gasteiger partial charge in [-0.05, 0) is 65.4 Å². The predicted molar refractivity (Wildman–Crippen MR) is 105 cm³/mol. The average molecular weight is 370 g/mol. The number of nitrogens with two attached hydrogens (primary N) is 1. The zero-order valence-corrected chi connectivity index (χ0v) is 17.3. The highest BCUT2D eigenvalue weighted by Gasteiger charge is 2.45. The van der Waals surface area contributed by atoms with Crippen molar-refractivity contribution in [2.75, 3.05) is 6.54 Å². The summed E-state index contributed by atoms with van der Waals surface area (Å²) in [6.07, 6.45) is 8.01. The highest BCUT2D eigenvalue weighted by molar-refractivity contribution is 7.91. The number of nitrogens with one attached hydrogen (secondary N) is 2. The van der Waals surface area contributed by atoms with Crippen molar-refractivity contribution >= 4 is 10.0 Å². The Morgan fingerprint density at radius 3 is 2.28 bits per heavy atom. The third-order valence-electron chi connectivity index (χ3n) is 5.67. The van der Waals surface area contributed by atoms with Gasteiger partial charge in [0.1, 0.15) is 4.75 Å². The van der Waals surface area contributed by atoms with Crippen molar-refractivity contribution in [1.82, 2.24) is 10.0 Å². The molecule has 2 rings (SSSR count). The fraction of sp³-hybridized carbons (Fsp3) is 0.789. The molecule has 0 aromatic heterocycles. The third kappa shape index (κ3) is 4.54. The van der Waals surface area contributed by atoms with Crippen LogP contribution in [-0.2, 0) is 10.0 Å². The van der Waals surface area contributed by atoms with E-state index in [2.05, 4.69) is 43.8 Å². The molecule has 25 heavy (non-hydrogen) atoms. The molecule has 0 bridgehead atoms. The third-order valence-corrected chi connectivity index (χ3v) is 8.01. The van der Waals surface area contributed by atoms with Crippen LogP contribution < -0.4 is 15.8 Å². The molecule has 1 aliphatic heterocycles. The van der Waals surface area contributed by atoms with Crippen LogP contribution in [0.5, 0.6) is 0 Å². The molecule has 1 fully saturated rings. The van der Waals surface area contributed by atoms with Crippen LogP contribution in [0.4, 0.5) is 0 Å². The molecule has 0 aromatic rings. The standard InChI is InChI=1S/C19H35N3O2S/c1-14-7-8-15(13-20)9-10-19(14,6)25(23,24)21-16-11-17(2,3)22-18(4,5)12-16/h8-10,14,16,21-22H,7,11-13,20H2,1-6H3. The van der Waals surface area contributed by atoms with Gasteiger partial charge in [0.05, 0.1) is 0 Å². The average Bonchev–Trinajstić information content (AvgIpc) is 2.56. The second-order valence-corrected chi connectivity index (χ2v) is 11.4. The van der Waals surface area contributed by atoms with E-state index >= 15 is 0 Å². The Morgan fingerprint density at radius 2 is 1.76 bits per heavy atom. The summed E-state index contributed by atoms with van der Waals surface area (Å²) in [5.41, 5.74) is 6.52. The van der Waals surface area contributed by atoms with Crippen molar-refractivity contribution in [1.29, 1.82) is 0 Å². The molecule has 1 aliphatic carbocycles. The van der Waals surface area contributed by atoms with Gasteiger partial charge in [-0.3, -0.25) is 0 Å². The highest BCUT2D eigenvalue weighted by Crippen LogP contribution is 2.35. The summed E-state index contributed by atoms with van der Waals surface area (Å²) in [7, 11) is -3.53. The number of hydrogen-bond acceptors (Lipinski definition) is 4. The van der Waals surface area contributed by atoms with Gasteiger partial charge in [-0.25, -0.2) is 13.1 Å². The molecule has 0 spiro atoms. The number of piperidine rings is 1. The molecule has 0 radical (unpaired) electrons. The van der Waals surface area contributed by atoms with E-state index in [1.165, 1.54) is 0 Å². The number of allylic oxidation sites excluding steroid dienone is 1. The fourth-order valence-electron chi connectivity index (χ4n) is 4.32. The van der Waals surface area contributed by atoms with E-state index < -0.39 is 14.8 Å². The van der Waals surface area contributed by atoms with E-state index in [4.69, 9.17) is 5.73 Å². The summed E-state index contributed by atoms with van der Waals surface area (Å²) in [4.78, 5) is 0. The Morgan fingerprint density at radius 1 is 1.20 bits per heavy atom. The first-order valence-corrected chi connectivity index (χ1v) is 10.7. The summed E-state index contributed by atoms with van der Waals surface area (Å²) < 4.78 is 28.7. The van der Waals surface area contributed by atoms with Gasteiger partial charge in [0.15, 0.2) is 0 Å². The smallest absolute Gasteiger partial charge is 0.221 e. The fourth-order valence-corrected chi connectivity index (χ4v) is 6.06. The van der Waals surface area contributed by atoms with Crippen LogP contribution in [0.15, 0.2) is 23.8 Å². The van der Waals surface area contributed by atoms with E-state index in [0.29, 0.717) is 13.0 Å². The van der Waals surface area contributed by atoms with Crippen LogP contribution in [0.3, 0.4) is 0 Å². The van der Waals surface area contributed by atoms with Gasteiger partial charge in [-0.15, -0.1) is 0 Å². The zero-order chi connectivity index (χ0) is 19.1. The lowest BCUT2D eigenvalue weighted by atomic mass is 9.80. The minimum absolute atomic E-state index is 0.0203. The van der Waals surface area contributed by atoms with E-state index in [-0.39, 0.29) is 23.0 Å². The van der Waals surface area contributed by atoms with Crippen LogP contribution >= 0.6 is 0 Å². The Hall–Kier alpha value is -0.690. The summed E-state index contributed by atoms with van der Waals surface area (Å²) >= 11 is 0. The molecule has 1 heterocycles. The second-order valence-electron chi connectivity index (χ2n) is 9.26. The second kappa shape index (κ2) is 6.80. The Labute approximate surface area is 153 Å². The maximum Gasteiger partial charge on any atom is 0.221 e. The van der Waals surface area contributed by atoms with E-state index in [0.717, 1.165) is 18.4 Å². The topological polar surface area (TPSA) is 84.2 Å². The minimum atomic E-state index is -3.53. The van der Waals surface area contributed by atoms with Crippen LogP contribution in [0, 0.1) is 5.92 Å². The van der Waals surface area contributed by atoms with Crippen LogP contribution in [0.1, 0.15) is 60.8 Å². The minimum Gasteiger partial charge on any atom is -0.327 e. The van der Waals surface area contributed by atoms with Crippen molar-refractivity contribution in [2.45, 2.75) is 82.7 Å². The molecule has 2 atom stereocenters. The van der Waals surface area contributed by atoms with Gasteiger partial charge in [-0.1, -0.05) is 25.2 Å². The lowest BCUT2D eigenvalue weighted by Gasteiger charge is -2.47. The molecular formula is C19H35N3O2S. The Balaban J connectivity index is 2.26. The number of hydrogen-bond donors (Lipinski definition) is 3. The molecule has 1 saturated heterocycles. The summed E-state index contributed by atoms with van der Waals surface area (Å²) in [5, 5.41) is 3.60. The van der Waals surface area contributed by atoms with Crippen molar-refractivity contribution in [3.8, 4) is 0 Å². The van der Waals surface area contributed by atoms with Crippen LogP contribution in [0.2, 0.25) is 0 Å². The summed E-state index contributed by atoms with van der Waals surface area (Å²) in [6, 6.07) is -0.0705. The van der Waals surface area contributed by atoms with Crippen molar-refractivity contribution in [3.05, 3.63) is 23.8 Å². The molecule has 0 saturated carbocycles. The molecular weight excluding hydrogens is 334 g/mol. The van der Waals surface area contributed by atoms with E-state index in [1.54, 1.807) is 0 Å². The van der Waals surface area contributed by atoms with Crippen molar-refractivity contribution in [3.63, 3.8) is 0 Å². The van der Waals surface area contributed by atoms with Crippen molar-refractivity contribution in [2.24, 2.45) is 11.7 Å². The van der Waals surface area contributed by atoms with Gasteiger partial charge in [0.25, 0.3) is 0 Å². The summed E-state index contributed by atoms with van der Waals surface area (Å²) in [5.74, 6) is -0.0203. The maximum atomic E-state index is 13.3. The lowest BCUT2D eigenvalue weighted by molar-refractivity contribution is 0.156. The SMILES string of the molecule is CC1CC=C(CN)C=CC1(C)S(=O)(=O)NC1CC(C)(C)NC(C)(C)C1. The summed E-state index contributed by atoms with van der Waals surface area (Å²) in [6.45, 7) is 12.8. The maximum absolute atomic E-state index is 13.3. The first-order valence-electron chi connectivity index (χ1n) is 9.20. The van der Waals surface area contributed by atoms with Gasteiger partial charge in [0.2, 0.25) is 10.0 Å². The Bertz CT molecular complexity index is 648. The van der Waals surface area contributed by atoms with Gasteiger partial charge in [0, 0.05) is 23.7 Å². The number of sulfonamides is 1. The van der Waals surface area contributed by atoms with Crippen LogP contribution in [0.25, 0.3) is 0 Å².